The van der Waals surface area contributed by atoms with Crippen molar-refractivity contribution in [2.45, 2.75) is 12.3 Å². The lowest BCUT2D eigenvalue weighted by molar-refractivity contribution is -0.118. The van der Waals surface area contributed by atoms with Gasteiger partial charge in [0.1, 0.15) is 11.2 Å². The first-order valence-corrected chi connectivity index (χ1v) is 9.59. The van der Waals surface area contributed by atoms with E-state index < -0.39 is 16.7 Å². The van der Waals surface area contributed by atoms with Gasteiger partial charge in [-0.1, -0.05) is 48.0 Å². The summed E-state index contributed by atoms with van der Waals surface area (Å²) in [4.78, 5) is 43.9. The van der Waals surface area contributed by atoms with Crippen LogP contribution in [0.1, 0.15) is 22.3 Å². The quantitative estimate of drug-likeness (QED) is 0.367. The zero-order valence-corrected chi connectivity index (χ0v) is 15.9. The number of nitrogens with one attached hydrogen (secondary N) is 4. The van der Waals surface area contributed by atoms with Crippen molar-refractivity contribution in [3.8, 4) is 0 Å². The van der Waals surface area contributed by atoms with Crippen molar-refractivity contribution in [3.05, 3.63) is 97.7 Å². The first kappa shape index (κ1) is 16.8. The van der Waals surface area contributed by atoms with E-state index in [0.717, 1.165) is 21.9 Å². The smallest absolute Gasteiger partial charge is 0.327 e. The first-order chi connectivity index (χ1) is 14.5. The Labute approximate surface area is 169 Å². The van der Waals surface area contributed by atoms with Crippen molar-refractivity contribution in [1.29, 1.82) is 0 Å². The average molecular weight is 396 g/mol. The van der Waals surface area contributed by atoms with Crippen LogP contribution in [0.3, 0.4) is 0 Å². The van der Waals surface area contributed by atoms with Gasteiger partial charge in [0, 0.05) is 22.5 Å². The van der Waals surface area contributed by atoms with Crippen molar-refractivity contribution in [3.63, 3.8) is 0 Å². The molecule has 7 nitrogen and oxygen atoms in total. The molecule has 4 aromatic rings. The summed E-state index contributed by atoms with van der Waals surface area (Å²) in [5.74, 6) is -0.0861. The van der Waals surface area contributed by atoms with Crippen LogP contribution >= 0.6 is 0 Å². The maximum absolute atomic E-state index is 13.7. The zero-order valence-electron chi connectivity index (χ0n) is 15.9. The molecule has 7 heteroatoms. The molecule has 0 fully saturated rings. The van der Waals surface area contributed by atoms with Gasteiger partial charge in [-0.25, -0.2) is 4.79 Å². The largest absolute Gasteiger partial charge is 0.341 e. The number of carbonyl (C=O) groups excluding carboxylic acids is 1. The Hall–Kier alpha value is -4.13. The third-order valence-electron chi connectivity index (χ3n) is 6.05. The molecule has 2 aliphatic heterocycles. The molecule has 6 rings (SSSR count). The molecule has 3 aromatic carbocycles. The number of carbonyl (C=O) groups is 1. The number of amides is 1. The topological polar surface area (TPSA) is 107 Å². The van der Waals surface area contributed by atoms with Crippen LogP contribution in [0, 0.1) is 6.92 Å². The Balaban J connectivity index is 1.89. The second-order valence-corrected chi connectivity index (χ2v) is 7.75. The minimum absolute atomic E-state index is 0.188. The number of hydrogen-bond acceptors (Lipinski definition) is 4. The number of benzene rings is 3. The van der Waals surface area contributed by atoms with Crippen molar-refractivity contribution in [2.24, 2.45) is 0 Å². The standard InChI is InChI=1S/C23H16N4O3/c1-11-6-8-15-14(10-11)23(18-19(24-15)26-22(30)27-20(18)28)17-13-5-3-2-4-12(13)7-9-16(17)25-21(23)29/h2-10H,1H3,(H,25,29)(H3,24,26,27,28,30). The molecule has 1 aromatic heterocycles. The van der Waals surface area contributed by atoms with Crippen LogP contribution in [-0.2, 0) is 10.2 Å². The summed E-state index contributed by atoms with van der Waals surface area (Å²) in [6, 6.07) is 17.3. The lowest BCUT2D eigenvalue weighted by Crippen LogP contribution is -2.46. The van der Waals surface area contributed by atoms with Crippen LogP contribution in [0.4, 0.5) is 17.2 Å². The molecule has 1 atom stereocenters. The molecular weight excluding hydrogens is 380 g/mol. The van der Waals surface area contributed by atoms with Crippen LogP contribution < -0.4 is 21.9 Å². The van der Waals surface area contributed by atoms with Crippen molar-refractivity contribution < 1.29 is 4.79 Å². The Kier molecular flexibility index (Phi) is 3.06. The van der Waals surface area contributed by atoms with Gasteiger partial charge in [-0.15, -0.1) is 0 Å². The monoisotopic (exact) mass is 396 g/mol. The SMILES string of the molecule is Cc1ccc2c(c1)C1(C(=O)Nc3ccc4ccccc4c31)c1c([nH]c(=O)[nH]c1=O)N2. The Morgan fingerprint density at radius 3 is 2.47 bits per heavy atom. The molecule has 0 radical (unpaired) electrons. The molecule has 4 N–H and O–H groups in total. The second kappa shape index (κ2) is 5.48. The third kappa shape index (κ3) is 1.91. The van der Waals surface area contributed by atoms with Gasteiger partial charge in [-0.05, 0) is 29.8 Å². The molecular formula is C23H16N4O3. The molecule has 30 heavy (non-hydrogen) atoms. The summed E-state index contributed by atoms with van der Waals surface area (Å²) in [6.07, 6.45) is 0. The highest BCUT2D eigenvalue weighted by Crippen LogP contribution is 2.55. The van der Waals surface area contributed by atoms with Gasteiger partial charge in [0.05, 0.1) is 5.56 Å². The Morgan fingerprint density at radius 2 is 1.60 bits per heavy atom. The highest BCUT2D eigenvalue weighted by molar-refractivity contribution is 6.17. The van der Waals surface area contributed by atoms with Gasteiger partial charge < -0.3 is 10.6 Å². The van der Waals surface area contributed by atoms with E-state index >= 15 is 0 Å². The average Bonchev–Trinajstić information content (AvgIpc) is 3.01. The first-order valence-electron chi connectivity index (χ1n) is 9.59. The van der Waals surface area contributed by atoms with Crippen LogP contribution in [0.25, 0.3) is 10.8 Å². The Morgan fingerprint density at radius 1 is 0.800 bits per heavy atom. The molecule has 146 valence electrons. The van der Waals surface area contributed by atoms with Gasteiger partial charge in [0.15, 0.2) is 0 Å². The number of H-pyrrole nitrogens is 2. The van der Waals surface area contributed by atoms with Gasteiger partial charge in [0.25, 0.3) is 5.56 Å². The molecule has 1 unspecified atom stereocenters. The summed E-state index contributed by atoms with van der Waals surface area (Å²) in [7, 11) is 0. The number of hydrogen-bond donors (Lipinski definition) is 4. The third-order valence-corrected chi connectivity index (χ3v) is 6.05. The van der Waals surface area contributed by atoms with E-state index in [0.29, 0.717) is 16.9 Å². The highest BCUT2D eigenvalue weighted by Gasteiger charge is 2.56. The summed E-state index contributed by atoms with van der Waals surface area (Å²) in [5, 5.41) is 7.96. The summed E-state index contributed by atoms with van der Waals surface area (Å²) >= 11 is 0. The van der Waals surface area contributed by atoms with Gasteiger partial charge in [0.2, 0.25) is 5.91 Å². The predicted octanol–water partition coefficient (Wildman–Crippen LogP) is 2.87. The summed E-state index contributed by atoms with van der Waals surface area (Å²) in [6.45, 7) is 1.94. The lowest BCUT2D eigenvalue weighted by atomic mass is 9.67. The van der Waals surface area contributed by atoms with Crippen molar-refractivity contribution in [1.82, 2.24) is 9.97 Å². The van der Waals surface area contributed by atoms with E-state index in [9.17, 15) is 14.4 Å². The van der Waals surface area contributed by atoms with Crippen LogP contribution in [0.5, 0.6) is 0 Å². The Bertz CT molecular complexity index is 1530. The van der Waals surface area contributed by atoms with Crippen molar-refractivity contribution in [2.75, 3.05) is 10.6 Å². The van der Waals surface area contributed by atoms with E-state index in [-0.39, 0.29) is 17.3 Å². The summed E-state index contributed by atoms with van der Waals surface area (Å²) in [5.41, 5.74) is 1.26. The maximum atomic E-state index is 13.7. The van der Waals surface area contributed by atoms with E-state index in [1.54, 1.807) is 0 Å². The van der Waals surface area contributed by atoms with Crippen LogP contribution in [0.2, 0.25) is 0 Å². The fraction of sp³-hybridized carbons (Fsp3) is 0.0870. The van der Waals surface area contributed by atoms with Gasteiger partial charge in [-0.3, -0.25) is 19.6 Å². The van der Waals surface area contributed by atoms with Crippen molar-refractivity contribution >= 4 is 33.9 Å². The molecule has 0 aliphatic carbocycles. The van der Waals surface area contributed by atoms with E-state index in [1.165, 1.54) is 0 Å². The number of aromatic amines is 2. The minimum Gasteiger partial charge on any atom is -0.341 e. The molecule has 0 saturated heterocycles. The van der Waals surface area contributed by atoms with E-state index in [2.05, 4.69) is 20.6 Å². The van der Waals surface area contributed by atoms with Gasteiger partial charge in [-0.2, -0.15) is 0 Å². The molecule has 0 bridgehead atoms. The number of anilines is 3. The maximum Gasteiger partial charge on any atom is 0.327 e. The molecule has 1 spiro atoms. The minimum atomic E-state index is -1.39. The van der Waals surface area contributed by atoms with Crippen LogP contribution in [0.15, 0.2) is 64.2 Å². The molecule has 2 aliphatic rings. The lowest BCUT2D eigenvalue weighted by Gasteiger charge is -2.36. The zero-order chi connectivity index (χ0) is 20.6. The number of fused-ring (bicyclic) bond motifs is 8. The number of aryl methyl sites for hydroxylation is 1. The molecule has 0 saturated carbocycles. The normalized spacial score (nSPS) is 18.5. The van der Waals surface area contributed by atoms with E-state index in [4.69, 9.17) is 0 Å². The van der Waals surface area contributed by atoms with E-state index in [1.807, 2.05) is 61.5 Å². The van der Waals surface area contributed by atoms with Crippen LogP contribution in [-0.4, -0.2) is 15.9 Å². The summed E-state index contributed by atoms with van der Waals surface area (Å²) < 4.78 is 0. The molecule has 1 amide bonds. The second-order valence-electron chi connectivity index (χ2n) is 7.75. The fourth-order valence-corrected chi connectivity index (χ4v) is 4.89. The predicted molar refractivity (Wildman–Crippen MR) is 115 cm³/mol. The number of rotatable bonds is 0. The van der Waals surface area contributed by atoms with Gasteiger partial charge >= 0.3 is 5.69 Å². The molecule has 3 heterocycles. The number of aromatic nitrogens is 2. The highest BCUT2D eigenvalue weighted by atomic mass is 16.2. The fourth-order valence-electron chi connectivity index (χ4n) is 4.89.